The number of ether oxygens (including phenoxy) is 2. The molecule has 0 radical (unpaired) electrons. The standard InChI is InChI=1S/C28H30N4O3S/c1-28(2,3)26-17-22(30-35-26)19-4-6-20(7-5-19)23-18-32-24-9-8-21(16-25(24)36-27(32)29-23)34-15-12-31-10-13-33-14-11-31/h4-9,16-18H,10-15H2,1-3H3. The van der Waals surface area contributed by atoms with Crippen LogP contribution in [0.2, 0.25) is 0 Å². The van der Waals surface area contributed by atoms with Crippen LogP contribution in [-0.4, -0.2) is 58.9 Å². The predicted octanol–water partition coefficient (Wildman–Crippen LogP) is 5.88. The third kappa shape index (κ3) is 4.64. The van der Waals surface area contributed by atoms with Gasteiger partial charge in [-0.05, 0) is 18.2 Å². The number of hydrogen-bond donors (Lipinski definition) is 0. The minimum absolute atomic E-state index is 0.0635. The summed E-state index contributed by atoms with van der Waals surface area (Å²) in [7, 11) is 0. The molecule has 0 aliphatic carbocycles. The van der Waals surface area contributed by atoms with E-state index in [1.54, 1.807) is 11.3 Å². The van der Waals surface area contributed by atoms with Crippen molar-refractivity contribution >= 4 is 26.5 Å². The lowest BCUT2D eigenvalue weighted by atomic mass is 9.93. The Morgan fingerprint density at radius 2 is 1.72 bits per heavy atom. The first-order valence-corrected chi connectivity index (χ1v) is 13.2. The Labute approximate surface area is 214 Å². The molecule has 0 saturated carbocycles. The molecule has 8 heteroatoms. The summed E-state index contributed by atoms with van der Waals surface area (Å²) in [6, 6.07) is 16.6. The van der Waals surface area contributed by atoms with E-state index < -0.39 is 0 Å². The summed E-state index contributed by atoms with van der Waals surface area (Å²) < 4.78 is 20.3. The average molecular weight is 503 g/mol. The molecule has 1 aliphatic rings. The lowest BCUT2D eigenvalue weighted by molar-refractivity contribution is 0.0322. The van der Waals surface area contributed by atoms with E-state index in [2.05, 4.69) is 77.8 Å². The molecule has 0 unspecified atom stereocenters. The van der Waals surface area contributed by atoms with Crippen LogP contribution in [0.4, 0.5) is 0 Å². The van der Waals surface area contributed by atoms with Gasteiger partial charge < -0.3 is 14.0 Å². The number of imidazole rings is 1. The molecule has 0 bridgehead atoms. The lowest BCUT2D eigenvalue weighted by Gasteiger charge is -2.26. The van der Waals surface area contributed by atoms with Gasteiger partial charge >= 0.3 is 0 Å². The first-order chi connectivity index (χ1) is 17.4. The van der Waals surface area contributed by atoms with Crippen molar-refractivity contribution in [2.24, 2.45) is 0 Å². The van der Waals surface area contributed by atoms with Crippen LogP contribution in [0.25, 0.3) is 37.7 Å². The fourth-order valence-corrected chi connectivity index (χ4v) is 5.44. The Hall–Kier alpha value is -3.20. The summed E-state index contributed by atoms with van der Waals surface area (Å²) in [6.07, 6.45) is 2.11. The van der Waals surface area contributed by atoms with Crippen molar-refractivity contribution in [3.05, 3.63) is 60.5 Å². The van der Waals surface area contributed by atoms with E-state index in [1.165, 1.54) is 4.70 Å². The normalized spacial score (nSPS) is 15.2. The summed E-state index contributed by atoms with van der Waals surface area (Å²) in [5.41, 5.74) is 4.99. The molecule has 1 aliphatic heterocycles. The number of aromatic nitrogens is 3. The molecule has 5 aromatic rings. The second kappa shape index (κ2) is 9.35. The predicted molar refractivity (Wildman–Crippen MR) is 143 cm³/mol. The van der Waals surface area contributed by atoms with E-state index in [9.17, 15) is 0 Å². The van der Waals surface area contributed by atoms with Crippen molar-refractivity contribution in [3.63, 3.8) is 0 Å². The highest BCUT2D eigenvalue weighted by atomic mass is 32.1. The monoisotopic (exact) mass is 502 g/mol. The second-order valence-electron chi connectivity index (χ2n) is 10.2. The Morgan fingerprint density at radius 1 is 0.972 bits per heavy atom. The lowest BCUT2D eigenvalue weighted by Crippen LogP contribution is -2.38. The van der Waals surface area contributed by atoms with Gasteiger partial charge in [-0.15, -0.1) is 0 Å². The van der Waals surface area contributed by atoms with Gasteiger partial charge in [0, 0.05) is 48.4 Å². The first kappa shape index (κ1) is 23.2. The second-order valence-corrected chi connectivity index (χ2v) is 11.2. The van der Waals surface area contributed by atoms with Crippen LogP contribution in [-0.2, 0) is 10.2 Å². The van der Waals surface area contributed by atoms with Crippen molar-refractivity contribution in [1.82, 2.24) is 19.4 Å². The van der Waals surface area contributed by atoms with Crippen LogP contribution < -0.4 is 4.74 Å². The summed E-state index contributed by atoms with van der Waals surface area (Å²) in [6.45, 7) is 11.5. The van der Waals surface area contributed by atoms with Gasteiger partial charge in [0.2, 0.25) is 0 Å². The molecule has 4 heterocycles. The van der Waals surface area contributed by atoms with E-state index in [4.69, 9.17) is 19.0 Å². The minimum atomic E-state index is -0.0635. The molecule has 2 aromatic carbocycles. The van der Waals surface area contributed by atoms with Crippen LogP contribution in [0.15, 0.2) is 59.3 Å². The molecule has 1 fully saturated rings. The average Bonchev–Trinajstić information content (AvgIpc) is 3.60. The van der Waals surface area contributed by atoms with Crippen LogP contribution >= 0.6 is 11.3 Å². The molecule has 1 saturated heterocycles. The fraction of sp³-hybridized carbons (Fsp3) is 0.357. The summed E-state index contributed by atoms with van der Waals surface area (Å²) in [4.78, 5) is 8.25. The van der Waals surface area contributed by atoms with Crippen molar-refractivity contribution in [1.29, 1.82) is 0 Å². The maximum atomic E-state index is 6.03. The van der Waals surface area contributed by atoms with Crippen molar-refractivity contribution in [3.8, 4) is 28.3 Å². The van der Waals surface area contributed by atoms with Gasteiger partial charge in [0.1, 0.15) is 23.8 Å². The van der Waals surface area contributed by atoms with Gasteiger partial charge in [0.25, 0.3) is 0 Å². The molecule has 6 rings (SSSR count). The number of fused-ring (bicyclic) bond motifs is 3. The maximum absolute atomic E-state index is 6.03. The van der Waals surface area contributed by atoms with Crippen LogP contribution in [0.1, 0.15) is 26.5 Å². The molecule has 7 nitrogen and oxygen atoms in total. The highest BCUT2D eigenvalue weighted by Crippen LogP contribution is 2.33. The van der Waals surface area contributed by atoms with E-state index in [0.717, 1.165) is 77.4 Å². The van der Waals surface area contributed by atoms with Crippen LogP contribution in [0, 0.1) is 0 Å². The van der Waals surface area contributed by atoms with E-state index >= 15 is 0 Å². The number of hydrogen-bond acceptors (Lipinski definition) is 7. The van der Waals surface area contributed by atoms with E-state index in [-0.39, 0.29) is 5.41 Å². The minimum Gasteiger partial charge on any atom is -0.492 e. The third-order valence-corrected chi connectivity index (χ3v) is 7.59. The zero-order valence-corrected chi connectivity index (χ0v) is 21.7. The third-order valence-electron chi connectivity index (χ3n) is 6.57. The van der Waals surface area contributed by atoms with Gasteiger partial charge in [0.05, 0.1) is 29.1 Å². The smallest absolute Gasteiger partial charge is 0.195 e. The zero-order valence-electron chi connectivity index (χ0n) is 20.9. The fourth-order valence-electron chi connectivity index (χ4n) is 4.40. The maximum Gasteiger partial charge on any atom is 0.195 e. The van der Waals surface area contributed by atoms with Crippen molar-refractivity contribution in [2.75, 3.05) is 39.5 Å². The quantitative estimate of drug-likeness (QED) is 0.289. The largest absolute Gasteiger partial charge is 0.492 e. The molecule has 0 amide bonds. The summed E-state index contributed by atoms with van der Waals surface area (Å²) >= 11 is 1.68. The van der Waals surface area contributed by atoms with Gasteiger partial charge in [-0.3, -0.25) is 9.30 Å². The molecule has 186 valence electrons. The van der Waals surface area contributed by atoms with E-state index in [1.807, 2.05) is 12.1 Å². The Morgan fingerprint density at radius 3 is 2.44 bits per heavy atom. The molecule has 0 N–H and O–H groups in total. The highest BCUT2D eigenvalue weighted by Gasteiger charge is 2.20. The van der Waals surface area contributed by atoms with Gasteiger partial charge in [0.15, 0.2) is 4.96 Å². The van der Waals surface area contributed by atoms with Gasteiger partial charge in [-0.2, -0.15) is 0 Å². The number of nitrogens with zero attached hydrogens (tertiary/aromatic N) is 4. The van der Waals surface area contributed by atoms with E-state index in [0.29, 0.717) is 6.61 Å². The Balaban J connectivity index is 1.17. The van der Waals surface area contributed by atoms with Crippen molar-refractivity contribution < 1.29 is 14.0 Å². The molecular weight excluding hydrogens is 472 g/mol. The van der Waals surface area contributed by atoms with Crippen molar-refractivity contribution in [2.45, 2.75) is 26.2 Å². The number of rotatable bonds is 6. The van der Waals surface area contributed by atoms with Crippen LogP contribution in [0.3, 0.4) is 0 Å². The first-order valence-electron chi connectivity index (χ1n) is 12.4. The Kier molecular flexibility index (Phi) is 6.03. The SMILES string of the molecule is CC(C)(C)c1cc(-c2ccc(-c3cn4c(n3)sc3cc(OCCN5CCOCC5)ccc34)cc2)no1. The molecule has 36 heavy (non-hydrogen) atoms. The van der Waals surface area contributed by atoms with Gasteiger partial charge in [-0.1, -0.05) is 61.5 Å². The molecular formula is C28H30N4O3S. The molecule has 0 atom stereocenters. The summed E-state index contributed by atoms with van der Waals surface area (Å²) in [5.74, 6) is 1.78. The highest BCUT2D eigenvalue weighted by molar-refractivity contribution is 7.23. The van der Waals surface area contributed by atoms with Crippen LogP contribution in [0.5, 0.6) is 5.75 Å². The zero-order chi connectivity index (χ0) is 24.7. The molecule has 0 spiro atoms. The number of morpholine rings is 1. The topological polar surface area (TPSA) is 65.0 Å². The number of benzene rings is 2. The Bertz CT molecular complexity index is 1490. The van der Waals surface area contributed by atoms with Gasteiger partial charge in [-0.25, -0.2) is 4.98 Å². The number of thiazole rings is 1. The molecule has 3 aromatic heterocycles. The summed E-state index contributed by atoms with van der Waals surface area (Å²) in [5, 5.41) is 4.25.